The maximum Gasteiger partial charge on any atom is -0.0287 e. The monoisotopic (exact) mass is 234 g/mol. The molecule has 0 N–H and O–H groups in total. The SMILES string of the molecule is CCCCCC12CC3CCC(CC(C)(C3)C1)C2. The summed E-state index contributed by atoms with van der Waals surface area (Å²) < 4.78 is 0. The fraction of sp³-hybridized carbons (Fsp3) is 1.00. The second-order valence-corrected chi connectivity index (χ2v) is 8.07. The van der Waals surface area contributed by atoms with Crippen LogP contribution in [0.1, 0.15) is 84.5 Å². The minimum Gasteiger partial charge on any atom is -0.0654 e. The lowest BCUT2D eigenvalue weighted by Crippen LogP contribution is -2.43. The van der Waals surface area contributed by atoms with Gasteiger partial charge in [0, 0.05) is 0 Å². The Bertz CT molecular complexity index is 262. The van der Waals surface area contributed by atoms with Crippen LogP contribution in [0.5, 0.6) is 0 Å². The second kappa shape index (κ2) is 4.28. The third kappa shape index (κ3) is 2.29. The molecule has 0 heteroatoms. The number of unbranched alkanes of at least 4 members (excludes halogenated alkanes) is 2. The van der Waals surface area contributed by atoms with Gasteiger partial charge in [-0.15, -0.1) is 0 Å². The van der Waals surface area contributed by atoms with Crippen molar-refractivity contribution in [1.29, 1.82) is 0 Å². The van der Waals surface area contributed by atoms with E-state index >= 15 is 0 Å². The molecule has 0 aromatic rings. The van der Waals surface area contributed by atoms with Crippen LogP contribution < -0.4 is 0 Å². The molecule has 2 unspecified atom stereocenters. The minimum atomic E-state index is 0.745. The van der Waals surface area contributed by atoms with Gasteiger partial charge in [0.15, 0.2) is 0 Å². The van der Waals surface area contributed by atoms with Crippen molar-refractivity contribution in [1.82, 2.24) is 0 Å². The van der Waals surface area contributed by atoms with Gasteiger partial charge in [-0.3, -0.25) is 0 Å². The molecule has 0 amide bonds. The molecule has 0 radical (unpaired) electrons. The van der Waals surface area contributed by atoms with E-state index in [0.717, 1.165) is 22.7 Å². The van der Waals surface area contributed by atoms with Crippen LogP contribution in [0.25, 0.3) is 0 Å². The molecule has 4 aliphatic rings. The Kier molecular flexibility index (Phi) is 3.04. The number of hydrogen-bond acceptors (Lipinski definition) is 0. The summed E-state index contributed by atoms with van der Waals surface area (Å²) in [5.74, 6) is 2.20. The highest BCUT2D eigenvalue weighted by Crippen LogP contribution is 2.64. The average Bonchev–Trinajstić information content (AvgIpc) is 2.42. The molecule has 2 atom stereocenters. The van der Waals surface area contributed by atoms with Gasteiger partial charge in [0.05, 0.1) is 0 Å². The van der Waals surface area contributed by atoms with Gasteiger partial charge in [-0.25, -0.2) is 0 Å². The van der Waals surface area contributed by atoms with E-state index in [1.54, 1.807) is 51.4 Å². The van der Waals surface area contributed by atoms with Crippen LogP contribution >= 0.6 is 0 Å². The Morgan fingerprint density at radius 2 is 1.59 bits per heavy atom. The first-order chi connectivity index (χ1) is 8.13. The molecule has 4 fully saturated rings. The Morgan fingerprint density at radius 3 is 2.18 bits per heavy atom. The summed E-state index contributed by atoms with van der Waals surface area (Å²) in [4.78, 5) is 0. The molecule has 0 saturated heterocycles. The Balaban J connectivity index is 1.76. The van der Waals surface area contributed by atoms with Gasteiger partial charge in [-0.1, -0.05) is 46.0 Å². The first-order valence-electron chi connectivity index (χ1n) is 8.13. The summed E-state index contributed by atoms with van der Waals surface area (Å²) in [5.41, 5.74) is 1.54. The van der Waals surface area contributed by atoms with E-state index < -0.39 is 0 Å². The summed E-state index contributed by atoms with van der Waals surface area (Å²) in [5, 5.41) is 0. The standard InChI is InChI=1S/C17H30/c1-3-4-5-8-17-11-14-6-7-15(12-17)10-16(2,9-14)13-17/h14-15H,3-13H2,1-2H3. The van der Waals surface area contributed by atoms with Crippen molar-refractivity contribution in [3.8, 4) is 0 Å². The van der Waals surface area contributed by atoms with Crippen LogP contribution in [0.2, 0.25) is 0 Å². The van der Waals surface area contributed by atoms with Crippen LogP contribution in [0.4, 0.5) is 0 Å². The lowest BCUT2D eigenvalue weighted by Gasteiger charge is -2.54. The van der Waals surface area contributed by atoms with E-state index in [4.69, 9.17) is 0 Å². The molecule has 0 spiro atoms. The van der Waals surface area contributed by atoms with E-state index in [9.17, 15) is 0 Å². The summed E-state index contributed by atoms with van der Waals surface area (Å²) in [7, 11) is 0. The van der Waals surface area contributed by atoms with Gasteiger partial charge in [0.25, 0.3) is 0 Å². The molecule has 0 aromatic carbocycles. The van der Waals surface area contributed by atoms with Crippen LogP contribution in [-0.4, -0.2) is 0 Å². The summed E-state index contributed by atoms with van der Waals surface area (Å²) in [6.07, 6.45) is 17.0. The summed E-state index contributed by atoms with van der Waals surface area (Å²) in [6, 6.07) is 0. The van der Waals surface area contributed by atoms with Gasteiger partial charge in [-0.05, 0) is 61.2 Å². The molecular weight excluding hydrogens is 204 g/mol. The van der Waals surface area contributed by atoms with Crippen molar-refractivity contribution in [2.45, 2.75) is 84.5 Å². The highest BCUT2D eigenvalue weighted by Gasteiger charge is 2.52. The Labute approximate surface area is 108 Å². The van der Waals surface area contributed by atoms with Gasteiger partial charge < -0.3 is 0 Å². The Morgan fingerprint density at radius 1 is 0.941 bits per heavy atom. The number of rotatable bonds is 4. The highest BCUT2D eigenvalue weighted by atomic mass is 14.6. The fourth-order valence-electron chi connectivity index (χ4n) is 6.05. The maximum absolute atomic E-state index is 2.62. The van der Waals surface area contributed by atoms with Crippen molar-refractivity contribution >= 4 is 0 Å². The van der Waals surface area contributed by atoms with Crippen molar-refractivity contribution in [2.75, 3.05) is 0 Å². The Hall–Kier alpha value is 0. The predicted octanol–water partition coefficient (Wildman–Crippen LogP) is 5.56. The third-order valence-electron chi connectivity index (χ3n) is 6.10. The van der Waals surface area contributed by atoms with Crippen LogP contribution in [-0.2, 0) is 0 Å². The molecule has 98 valence electrons. The maximum atomic E-state index is 2.62. The van der Waals surface area contributed by atoms with Crippen LogP contribution in [0.3, 0.4) is 0 Å². The van der Waals surface area contributed by atoms with Crippen molar-refractivity contribution in [3.63, 3.8) is 0 Å². The minimum absolute atomic E-state index is 0.745. The third-order valence-corrected chi connectivity index (χ3v) is 6.10. The molecule has 4 aliphatic carbocycles. The topological polar surface area (TPSA) is 0 Å². The molecule has 0 nitrogen and oxygen atoms in total. The molecule has 0 aliphatic heterocycles. The van der Waals surface area contributed by atoms with E-state index in [1.807, 2.05) is 0 Å². The van der Waals surface area contributed by atoms with Crippen molar-refractivity contribution < 1.29 is 0 Å². The molecule has 0 heterocycles. The molecule has 17 heavy (non-hydrogen) atoms. The van der Waals surface area contributed by atoms with Crippen LogP contribution in [0, 0.1) is 22.7 Å². The highest BCUT2D eigenvalue weighted by molar-refractivity contribution is 5.03. The largest absolute Gasteiger partial charge is 0.0654 e. The van der Waals surface area contributed by atoms with Gasteiger partial charge in [0.2, 0.25) is 0 Å². The summed E-state index contributed by atoms with van der Waals surface area (Å²) in [6.45, 7) is 4.96. The fourth-order valence-corrected chi connectivity index (χ4v) is 6.05. The lowest BCUT2D eigenvalue weighted by molar-refractivity contribution is -0.0313. The first kappa shape index (κ1) is 12.1. The first-order valence-corrected chi connectivity index (χ1v) is 8.13. The average molecular weight is 234 g/mol. The molecular formula is C17H30. The molecule has 4 rings (SSSR count). The van der Waals surface area contributed by atoms with Crippen LogP contribution in [0.15, 0.2) is 0 Å². The molecule has 4 bridgehead atoms. The van der Waals surface area contributed by atoms with E-state index in [1.165, 1.54) is 19.3 Å². The zero-order chi connectivity index (χ0) is 11.9. The quantitative estimate of drug-likeness (QED) is 0.558. The van der Waals surface area contributed by atoms with Crippen molar-refractivity contribution in [2.24, 2.45) is 22.7 Å². The molecule has 0 aromatic heterocycles. The second-order valence-electron chi connectivity index (χ2n) is 8.07. The lowest BCUT2D eigenvalue weighted by atomic mass is 9.51. The van der Waals surface area contributed by atoms with Gasteiger partial charge in [-0.2, -0.15) is 0 Å². The van der Waals surface area contributed by atoms with E-state index in [2.05, 4.69) is 13.8 Å². The predicted molar refractivity (Wildman–Crippen MR) is 74.0 cm³/mol. The van der Waals surface area contributed by atoms with Gasteiger partial charge in [0.1, 0.15) is 0 Å². The molecule has 4 saturated carbocycles. The summed E-state index contributed by atoms with van der Waals surface area (Å²) >= 11 is 0. The zero-order valence-corrected chi connectivity index (χ0v) is 11.9. The normalized spacial score (nSPS) is 48.4. The van der Waals surface area contributed by atoms with E-state index in [-0.39, 0.29) is 0 Å². The smallest absolute Gasteiger partial charge is 0.0287 e. The number of hydrogen-bond donors (Lipinski definition) is 0. The van der Waals surface area contributed by atoms with Crippen molar-refractivity contribution in [3.05, 3.63) is 0 Å². The number of fused-ring (bicyclic) bond motifs is 1. The zero-order valence-electron chi connectivity index (χ0n) is 11.9. The van der Waals surface area contributed by atoms with E-state index in [0.29, 0.717) is 0 Å². The van der Waals surface area contributed by atoms with Gasteiger partial charge >= 0.3 is 0 Å².